The lowest BCUT2D eigenvalue weighted by molar-refractivity contribution is -0.167. The van der Waals surface area contributed by atoms with Crippen molar-refractivity contribution in [2.24, 2.45) is 0 Å². The standard InChI is InChI=1S/C73H126O6/c1-4-7-10-13-16-19-22-25-28-31-32-33-34-35-36-37-38-39-40-43-45-48-51-54-57-60-63-66-72(75)78-69-70(79-73(76)67-64-61-58-55-52-49-46-42-30-27-24-21-18-15-12-9-6-3)68-77-71(74)65-62-59-56-53-50-47-44-41-29-26-23-20-17-14-11-8-5-2/h7,9-10,12,16,18-19,21,25,27-28,30,32-33,35-36,70H,4-6,8,11,13-15,17,20,22-24,26,29,31,34,37-69H2,1-3H3/b10-7-,12-9-,19-16-,21-18-,28-25-,30-27-,33-32-,36-35-. The number of esters is 3. The first-order chi connectivity index (χ1) is 39.0. The van der Waals surface area contributed by atoms with E-state index in [1.807, 2.05) is 0 Å². The van der Waals surface area contributed by atoms with E-state index in [9.17, 15) is 14.4 Å². The van der Waals surface area contributed by atoms with Crippen LogP contribution >= 0.6 is 0 Å². The number of carbonyl (C=O) groups is 3. The van der Waals surface area contributed by atoms with Crippen molar-refractivity contribution in [1.29, 1.82) is 0 Å². The number of unbranched alkanes of at least 4 members (excludes halogenated alkanes) is 34. The number of hydrogen-bond acceptors (Lipinski definition) is 6. The quantitative estimate of drug-likeness (QED) is 0.0261. The fourth-order valence-corrected chi connectivity index (χ4v) is 9.60. The van der Waals surface area contributed by atoms with Crippen molar-refractivity contribution in [2.75, 3.05) is 13.2 Å². The third-order valence-corrected chi connectivity index (χ3v) is 14.6. The number of carbonyl (C=O) groups excluding carboxylic acids is 3. The molecule has 0 aliphatic rings. The average Bonchev–Trinajstić information content (AvgIpc) is 3.45. The van der Waals surface area contributed by atoms with Crippen LogP contribution in [0.5, 0.6) is 0 Å². The van der Waals surface area contributed by atoms with Crippen molar-refractivity contribution in [2.45, 2.75) is 335 Å². The average molecular weight is 1100 g/mol. The molecule has 0 aromatic carbocycles. The van der Waals surface area contributed by atoms with Crippen LogP contribution in [0.15, 0.2) is 97.2 Å². The summed E-state index contributed by atoms with van der Waals surface area (Å²) in [5.74, 6) is -0.876. The Balaban J connectivity index is 4.32. The molecular weight excluding hydrogens is 973 g/mol. The van der Waals surface area contributed by atoms with Crippen LogP contribution in [0.25, 0.3) is 0 Å². The normalized spacial score (nSPS) is 12.7. The Hall–Kier alpha value is -3.67. The molecule has 79 heavy (non-hydrogen) atoms. The first-order valence-corrected chi connectivity index (χ1v) is 33.7. The van der Waals surface area contributed by atoms with Crippen LogP contribution < -0.4 is 0 Å². The predicted octanol–water partition coefficient (Wildman–Crippen LogP) is 23.2. The van der Waals surface area contributed by atoms with Gasteiger partial charge in [-0.25, -0.2) is 0 Å². The first kappa shape index (κ1) is 75.3. The lowest BCUT2D eigenvalue weighted by atomic mass is 10.0. The van der Waals surface area contributed by atoms with Crippen molar-refractivity contribution in [3.05, 3.63) is 97.2 Å². The van der Waals surface area contributed by atoms with Gasteiger partial charge in [-0.3, -0.25) is 14.4 Å². The van der Waals surface area contributed by atoms with Gasteiger partial charge in [-0.2, -0.15) is 0 Å². The fourth-order valence-electron chi connectivity index (χ4n) is 9.60. The minimum Gasteiger partial charge on any atom is -0.462 e. The molecule has 0 radical (unpaired) electrons. The number of rotatable bonds is 61. The second-order valence-corrected chi connectivity index (χ2v) is 22.3. The molecule has 0 aliphatic heterocycles. The zero-order valence-corrected chi connectivity index (χ0v) is 52.1. The van der Waals surface area contributed by atoms with Crippen molar-refractivity contribution in [1.82, 2.24) is 0 Å². The van der Waals surface area contributed by atoms with Gasteiger partial charge in [0.1, 0.15) is 13.2 Å². The van der Waals surface area contributed by atoms with Gasteiger partial charge in [-0.1, -0.05) is 311 Å². The number of allylic oxidation sites excluding steroid dienone is 16. The molecule has 1 atom stereocenters. The van der Waals surface area contributed by atoms with Gasteiger partial charge < -0.3 is 14.2 Å². The van der Waals surface area contributed by atoms with Crippen LogP contribution in [0.4, 0.5) is 0 Å². The van der Waals surface area contributed by atoms with E-state index in [2.05, 4.69) is 118 Å². The summed E-state index contributed by atoms with van der Waals surface area (Å²) >= 11 is 0. The monoisotopic (exact) mass is 1100 g/mol. The van der Waals surface area contributed by atoms with Gasteiger partial charge in [-0.05, 0) is 96.3 Å². The molecule has 0 aliphatic carbocycles. The van der Waals surface area contributed by atoms with E-state index in [1.165, 1.54) is 173 Å². The summed E-state index contributed by atoms with van der Waals surface area (Å²) < 4.78 is 17.0. The molecule has 6 nitrogen and oxygen atoms in total. The summed E-state index contributed by atoms with van der Waals surface area (Å²) in [5, 5.41) is 0. The molecule has 0 rings (SSSR count). The van der Waals surface area contributed by atoms with Crippen LogP contribution in [0, 0.1) is 0 Å². The molecular formula is C73H126O6. The van der Waals surface area contributed by atoms with E-state index in [0.29, 0.717) is 19.3 Å². The van der Waals surface area contributed by atoms with E-state index in [-0.39, 0.29) is 31.1 Å². The molecule has 0 heterocycles. The Labute approximate surface area is 489 Å². The van der Waals surface area contributed by atoms with Gasteiger partial charge in [0.2, 0.25) is 0 Å². The summed E-state index contributed by atoms with van der Waals surface area (Å²) in [7, 11) is 0. The van der Waals surface area contributed by atoms with E-state index >= 15 is 0 Å². The Bertz CT molecular complexity index is 1540. The minimum absolute atomic E-state index is 0.0789. The topological polar surface area (TPSA) is 78.9 Å². The highest BCUT2D eigenvalue weighted by Gasteiger charge is 2.19. The van der Waals surface area contributed by atoms with Crippen LogP contribution in [0.1, 0.15) is 329 Å². The van der Waals surface area contributed by atoms with Gasteiger partial charge in [-0.15, -0.1) is 0 Å². The molecule has 0 aromatic heterocycles. The van der Waals surface area contributed by atoms with Crippen LogP contribution in [0.3, 0.4) is 0 Å². The molecule has 454 valence electrons. The van der Waals surface area contributed by atoms with Crippen molar-refractivity contribution in [3.8, 4) is 0 Å². The molecule has 0 spiro atoms. The zero-order valence-electron chi connectivity index (χ0n) is 52.1. The third-order valence-electron chi connectivity index (χ3n) is 14.6. The Kier molecular flexibility index (Phi) is 63.7. The van der Waals surface area contributed by atoms with Gasteiger partial charge in [0.25, 0.3) is 0 Å². The first-order valence-electron chi connectivity index (χ1n) is 33.7. The van der Waals surface area contributed by atoms with Crippen LogP contribution in [-0.2, 0) is 28.6 Å². The van der Waals surface area contributed by atoms with Crippen LogP contribution in [-0.4, -0.2) is 37.2 Å². The molecule has 0 N–H and O–H groups in total. The summed E-state index contributed by atoms with van der Waals surface area (Å²) in [5.41, 5.74) is 0. The highest BCUT2D eigenvalue weighted by atomic mass is 16.6. The number of hydrogen-bond donors (Lipinski definition) is 0. The Morgan fingerprint density at radius 1 is 0.266 bits per heavy atom. The molecule has 0 amide bonds. The highest BCUT2D eigenvalue weighted by Crippen LogP contribution is 2.17. The molecule has 6 heteroatoms. The van der Waals surface area contributed by atoms with Crippen molar-refractivity contribution in [3.63, 3.8) is 0 Å². The maximum Gasteiger partial charge on any atom is 0.306 e. The predicted molar refractivity (Wildman–Crippen MR) is 344 cm³/mol. The van der Waals surface area contributed by atoms with Crippen molar-refractivity contribution < 1.29 is 28.6 Å². The van der Waals surface area contributed by atoms with Gasteiger partial charge in [0.15, 0.2) is 6.10 Å². The summed E-state index contributed by atoms with van der Waals surface area (Å²) in [6, 6.07) is 0. The van der Waals surface area contributed by atoms with Crippen LogP contribution in [0.2, 0.25) is 0 Å². The van der Waals surface area contributed by atoms with Gasteiger partial charge in [0.05, 0.1) is 0 Å². The largest absolute Gasteiger partial charge is 0.462 e. The molecule has 0 fully saturated rings. The summed E-state index contributed by atoms with van der Waals surface area (Å²) in [4.78, 5) is 38.4. The van der Waals surface area contributed by atoms with E-state index in [4.69, 9.17) is 14.2 Å². The maximum absolute atomic E-state index is 12.9. The minimum atomic E-state index is -0.784. The Morgan fingerprint density at radius 2 is 0.494 bits per heavy atom. The molecule has 0 aromatic rings. The lowest BCUT2D eigenvalue weighted by Gasteiger charge is -2.18. The van der Waals surface area contributed by atoms with Gasteiger partial charge in [0, 0.05) is 19.3 Å². The molecule has 0 saturated heterocycles. The van der Waals surface area contributed by atoms with E-state index in [0.717, 1.165) is 116 Å². The van der Waals surface area contributed by atoms with Gasteiger partial charge >= 0.3 is 17.9 Å². The second kappa shape index (κ2) is 66.8. The SMILES string of the molecule is CC/C=C\C/C=C\C/C=C\C/C=C\C/C=C\CCCCCCCCCCCCCC(=O)OCC(COC(=O)CCCCCCCCCCCCCCCCCCC)OC(=O)CCCCCCCCC/C=C\C/C=C\C/C=C\CC. The maximum atomic E-state index is 12.9. The van der Waals surface area contributed by atoms with E-state index < -0.39 is 6.10 Å². The number of ether oxygens (including phenoxy) is 3. The summed E-state index contributed by atoms with van der Waals surface area (Å²) in [6.45, 7) is 6.45. The molecule has 1 unspecified atom stereocenters. The lowest BCUT2D eigenvalue weighted by Crippen LogP contribution is -2.30. The smallest absolute Gasteiger partial charge is 0.306 e. The van der Waals surface area contributed by atoms with E-state index in [1.54, 1.807) is 0 Å². The highest BCUT2D eigenvalue weighted by molar-refractivity contribution is 5.71. The third kappa shape index (κ3) is 65.0. The van der Waals surface area contributed by atoms with Crippen molar-refractivity contribution >= 4 is 17.9 Å². The molecule has 0 bridgehead atoms. The zero-order chi connectivity index (χ0) is 57.1. The fraction of sp³-hybridized carbons (Fsp3) is 0.740. The Morgan fingerprint density at radius 3 is 0.772 bits per heavy atom. The second-order valence-electron chi connectivity index (χ2n) is 22.3. The molecule has 0 saturated carbocycles. The summed E-state index contributed by atoms with van der Waals surface area (Å²) in [6.07, 6.45) is 89.9.